The van der Waals surface area contributed by atoms with Crippen LogP contribution in [0.3, 0.4) is 0 Å². The molecule has 0 unspecified atom stereocenters. The van der Waals surface area contributed by atoms with Gasteiger partial charge in [-0.1, -0.05) is 11.6 Å². The molecule has 2 rings (SSSR count). The lowest BCUT2D eigenvalue weighted by atomic mass is 10.1. The molecule has 0 aliphatic rings. The van der Waals surface area contributed by atoms with Gasteiger partial charge in [-0.15, -0.1) is 0 Å². The highest BCUT2D eigenvalue weighted by Gasteiger charge is 2.07. The summed E-state index contributed by atoms with van der Waals surface area (Å²) in [6, 6.07) is 4.91. The highest BCUT2D eigenvalue weighted by atomic mass is 35.5. The summed E-state index contributed by atoms with van der Waals surface area (Å²) >= 11 is 6.04. The molecular weight excluding hydrogens is 242 g/mol. The molecule has 0 aliphatic heterocycles. The van der Waals surface area contributed by atoms with Gasteiger partial charge in [0.15, 0.2) is 0 Å². The van der Waals surface area contributed by atoms with Crippen molar-refractivity contribution >= 4 is 23.5 Å². The van der Waals surface area contributed by atoms with Crippen molar-refractivity contribution in [1.29, 1.82) is 5.41 Å². The lowest BCUT2D eigenvalue weighted by molar-refractivity contribution is 0.269. The maximum absolute atomic E-state index is 7.15. The first kappa shape index (κ1) is 11.5. The number of nitrogens with two attached hydrogens (primary N) is 1. The molecule has 0 saturated heterocycles. The Labute approximate surface area is 103 Å². The van der Waals surface area contributed by atoms with Crippen LogP contribution < -0.4 is 10.5 Å². The smallest absolute Gasteiger partial charge is 0.254 e. The van der Waals surface area contributed by atoms with Crippen molar-refractivity contribution in [3.05, 3.63) is 40.6 Å². The quantitative estimate of drug-likeness (QED) is 0.646. The topological polar surface area (TPSA) is 85.1 Å². The van der Waals surface area contributed by atoms with Crippen molar-refractivity contribution in [2.45, 2.75) is 6.61 Å². The van der Waals surface area contributed by atoms with Crippen LogP contribution in [0.15, 0.2) is 29.0 Å². The highest BCUT2D eigenvalue weighted by Crippen LogP contribution is 2.23. The zero-order valence-corrected chi connectivity index (χ0v) is 9.57. The Kier molecular flexibility index (Phi) is 3.30. The van der Waals surface area contributed by atoms with Crippen molar-refractivity contribution in [2.75, 3.05) is 5.73 Å². The van der Waals surface area contributed by atoms with Crippen molar-refractivity contribution in [3.8, 4) is 5.88 Å². The Bertz CT molecular complexity index is 526. The first-order valence-corrected chi connectivity index (χ1v) is 5.20. The summed E-state index contributed by atoms with van der Waals surface area (Å²) in [6.07, 6.45) is 2.58. The fourth-order valence-electron chi connectivity index (χ4n) is 1.32. The van der Waals surface area contributed by atoms with E-state index < -0.39 is 0 Å². The van der Waals surface area contributed by atoms with Gasteiger partial charge in [-0.05, 0) is 17.3 Å². The van der Waals surface area contributed by atoms with Crippen LogP contribution in [-0.4, -0.2) is 11.4 Å². The molecule has 88 valence electrons. The van der Waals surface area contributed by atoms with Gasteiger partial charge in [-0.2, -0.15) is 0 Å². The molecule has 17 heavy (non-hydrogen) atoms. The zero-order valence-electron chi connectivity index (χ0n) is 8.81. The maximum atomic E-state index is 7.15. The molecule has 0 radical (unpaired) electrons. The Morgan fingerprint density at radius 3 is 3.00 bits per heavy atom. The lowest BCUT2D eigenvalue weighted by Gasteiger charge is -2.08. The van der Waals surface area contributed by atoms with Gasteiger partial charge in [0.1, 0.15) is 12.9 Å². The molecular formula is C11H10ClN3O2. The van der Waals surface area contributed by atoms with Crippen LogP contribution in [0.25, 0.3) is 0 Å². The van der Waals surface area contributed by atoms with E-state index in [0.717, 1.165) is 11.8 Å². The molecule has 1 heterocycles. The molecule has 0 fully saturated rings. The number of ether oxygens (including phenoxy) is 1. The SMILES string of the molecule is N=Cc1cc(Cl)c(COc2ccon2)cc1N. The Morgan fingerprint density at radius 1 is 1.53 bits per heavy atom. The van der Waals surface area contributed by atoms with E-state index in [9.17, 15) is 0 Å². The molecule has 0 amide bonds. The third-order valence-electron chi connectivity index (χ3n) is 2.20. The van der Waals surface area contributed by atoms with Gasteiger partial charge in [-0.3, -0.25) is 0 Å². The number of hydrogen-bond acceptors (Lipinski definition) is 5. The van der Waals surface area contributed by atoms with Crippen LogP contribution in [0, 0.1) is 5.41 Å². The van der Waals surface area contributed by atoms with Gasteiger partial charge in [0.05, 0.1) is 0 Å². The van der Waals surface area contributed by atoms with Crippen molar-refractivity contribution in [1.82, 2.24) is 5.16 Å². The van der Waals surface area contributed by atoms with Crippen LogP contribution in [0.1, 0.15) is 11.1 Å². The Balaban J connectivity index is 2.16. The molecule has 5 nitrogen and oxygen atoms in total. The standard InChI is InChI=1S/C11H10ClN3O2/c12-9-3-7(5-13)10(14)4-8(9)6-16-11-1-2-17-15-11/h1-5,13H,6,14H2. The number of nitrogen functional groups attached to an aromatic ring is 1. The predicted octanol–water partition coefficient (Wildman–Crippen LogP) is 2.49. The van der Waals surface area contributed by atoms with Crippen molar-refractivity contribution in [2.24, 2.45) is 0 Å². The Morgan fingerprint density at radius 2 is 2.35 bits per heavy atom. The van der Waals surface area contributed by atoms with E-state index in [-0.39, 0.29) is 6.61 Å². The lowest BCUT2D eigenvalue weighted by Crippen LogP contribution is -2.00. The summed E-state index contributed by atoms with van der Waals surface area (Å²) in [5.74, 6) is 0.385. The summed E-state index contributed by atoms with van der Waals surface area (Å²) < 4.78 is 9.97. The van der Waals surface area contributed by atoms with Crippen LogP contribution in [0.2, 0.25) is 5.02 Å². The van der Waals surface area contributed by atoms with Gasteiger partial charge < -0.3 is 20.4 Å². The number of nitrogens with one attached hydrogen (secondary N) is 1. The minimum atomic E-state index is 0.244. The Hall–Kier alpha value is -2.01. The average molecular weight is 252 g/mol. The van der Waals surface area contributed by atoms with Crippen LogP contribution in [0.5, 0.6) is 5.88 Å². The molecule has 1 aromatic carbocycles. The molecule has 2 aromatic rings. The number of halogens is 1. The summed E-state index contributed by atoms with van der Waals surface area (Å²) in [7, 11) is 0. The predicted molar refractivity (Wildman–Crippen MR) is 64.6 cm³/mol. The normalized spacial score (nSPS) is 10.2. The van der Waals surface area contributed by atoms with Crippen LogP contribution in [0.4, 0.5) is 5.69 Å². The van der Waals surface area contributed by atoms with E-state index in [0.29, 0.717) is 22.2 Å². The van der Waals surface area contributed by atoms with Gasteiger partial charge in [0.2, 0.25) is 0 Å². The van der Waals surface area contributed by atoms with Crippen LogP contribution >= 0.6 is 11.6 Å². The molecule has 3 N–H and O–H groups in total. The number of nitrogens with zero attached hydrogens (tertiary/aromatic N) is 1. The third-order valence-corrected chi connectivity index (χ3v) is 2.55. The number of hydrogen-bond donors (Lipinski definition) is 2. The summed E-state index contributed by atoms with van der Waals surface area (Å²) in [4.78, 5) is 0. The molecule has 0 saturated carbocycles. The minimum Gasteiger partial charge on any atom is -0.471 e. The first-order valence-electron chi connectivity index (χ1n) is 4.82. The fourth-order valence-corrected chi connectivity index (χ4v) is 1.54. The summed E-state index contributed by atoms with van der Waals surface area (Å²) in [5.41, 5.74) is 7.56. The first-order chi connectivity index (χ1) is 8.20. The number of aromatic nitrogens is 1. The van der Waals surface area contributed by atoms with E-state index in [1.807, 2.05) is 0 Å². The van der Waals surface area contributed by atoms with Gasteiger partial charge >= 0.3 is 0 Å². The van der Waals surface area contributed by atoms with Gasteiger partial charge in [0.25, 0.3) is 5.88 Å². The molecule has 0 aliphatic carbocycles. The molecule has 6 heteroatoms. The van der Waals surface area contributed by atoms with Crippen molar-refractivity contribution < 1.29 is 9.26 Å². The molecule has 0 bridgehead atoms. The summed E-state index contributed by atoms with van der Waals surface area (Å²) in [5, 5.41) is 11.3. The molecule has 0 spiro atoms. The highest BCUT2D eigenvalue weighted by molar-refractivity contribution is 6.31. The van der Waals surface area contributed by atoms with E-state index in [1.54, 1.807) is 18.2 Å². The zero-order chi connectivity index (χ0) is 12.3. The van der Waals surface area contributed by atoms with E-state index in [4.69, 9.17) is 27.5 Å². The molecule has 1 aromatic heterocycles. The second-order valence-electron chi connectivity index (χ2n) is 3.34. The van der Waals surface area contributed by atoms with E-state index in [1.165, 1.54) is 6.26 Å². The fraction of sp³-hybridized carbons (Fsp3) is 0.0909. The number of anilines is 1. The number of rotatable bonds is 4. The largest absolute Gasteiger partial charge is 0.471 e. The monoisotopic (exact) mass is 251 g/mol. The minimum absolute atomic E-state index is 0.244. The van der Waals surface area contributed by atoms with Crippen molar-refractivity contribution in [3.63, 3.8) is 0 Å². The second kappa shape index (κ2) is 4.88. The van der Waals surface area contributed by atoms with Crippen LogP contribution in [-0.2, 0) is 6.61 Å². The van der Waals surface area contributed by atoms with E-state index >= 15 is 0 Å². The van der Waals surface area contributed by atoms with Gasteiger partial charge in [0, 0.05) is 34.1 Å². The van der Waals surface area contributed by atoms with E-state index in [2.05, 4.69) is 9.68 Å². The number of benzene rings is 1. The third kappa shape index (κ3) is 2.57. The molecule has 0 atom stereocenters. The summed E-state index contributed by atoms with van der Waals surface area (Å²) in [6.45, 7) is 0.244. The average Bonchev–Trinajstić information content (AvgIpc) is 2.82. The van der Waals surface area contributed by atoms with Gasteiger partial charge in [-0.25, -0.2) is 0 Å². The maximum Gasteiger partial charge on any atom is 0.254 e. The second-order valence-corrected chi connectivity index (χ2v) is 3.75.